The van der Waals surface area contributed by atoms with Crippen molar-refractivity contribution in [2.24, 2.45) is 5.92 Å². The maximum absolute atomic E-state index is 13.3. The molecular formula is C26H25N3O4S. The third-order valence-corrected chi connectivity index (χ3v) is 8.28. The molecule has 3 heterocycles. The van der Waals surface area contributed by atoms with Crippen LogP contribution in [0.1, 0.15) is 23.6 Å². The first-order valence-electron chi connectivity index (χ1n) is 11.2. The zero-order chi connectivity index (χ0) is 23.7. The van der Waals surface area contributed by atoms with Gasteiger partial charge < -0.3 is 9.88 Å². The fourth-order valence-electron chi connectivity index (χ4n) is 4.83. The highest BCUT2D eigenvalue weighted by Gasteiger charge is 2.39. The van der Waals surface area contributed by atoms with Crippen molar-refractivity contribution in [3.8, 4) is 0 Å². The summed E-state index contributed by atoms with van der Waals surface area (Å²) in [7, 11) is -3.69. The molecule has 2 aromatic carbocycles. The summed E-state index contributed by atoms with van der Waals surface area (Å²) >= 11 is 0. The number of anilines is 1. The van der Waals surface area contributed by atoms with Crippen molar-refractivity contribution in [1.82, 2.24) is 8.87 Å². The van der Waals surface area contributed by atoms with Crippen LogP contribution in [-0.2, 0) is 21.4 Å². The van der Waals surface area contributed by atoms with Crippen LogP contribution in [0.2, 0.25) is 0 Å². The largest absolute Gasteiger partial charge is 0.323 e. The van der Waals surface area contributed by atoms with Crippen molar-refractivity contribution < 1.29 is 13.2 Å². The number of fused-ring (bicyclic) bond motifs is 4. The van der Waals surface area contributed by atoms with Gasteiger partial charge in [0.2, 0.25) is 15.9 Å². The Labute approximate surface area is 198 Å². The minimum absolute atomic E-state index is 0.00568. The molecule has 0 saturated carbocycles. The number of amides is 1. The van der Waals surface area contributed by atoms with Gasteiger partial charge in [-0.25, -0.2) is 8.42 Å². The maximum Gasteiger partial charge on any atom is 0.250 e. The summed E-state index contributed by atoms with van der Waals surface area (Å²) in [6, 6.07) is 20.9. The Bertz CT molecular complexity index is 1400. The number of hydrogen-bond donors (Lipinski definition) is 1. The highest BCUT2D eigenvalue weighted by atomic mass is 32.2. The van der Waals surface area contributed by atoms with Crippen LogP contribution in [0.3, 0.4) is 0 Å². The summed E-state index contributed by atoms with van der Waals surface area (Å²) in [5.74, 6) is -0.181. The molecule has 34 heavy (non-hydrogen) atoms. The molecule has 1 fully saturated rings. The van der Waals surface area contributed by atoms with Crippen molar-refractivity contribution >= 4 is 27.7 Å². The number of carbonyl (C=O) groups excluding carboxylic acids is 1. The average molecular weight is 476 g/mol. The third-order valence-electron chi connectivity index (χ3n) is 6.43. The van der Waals surface area contributed by atoms with E-state index in [2.05, 4.69) is 5.32 Å². The highest BCUT2D eigenvalue weighted by Crippen LogP contribution is 2.37. The number of hydrogen-bond acceptors (Lipinski definition) is 4. The van der Waals surface area contributed by atoms with E-state index in [0.717, 1.165) is 17.7 Å². The van der Waals surface area contributed by atoms with Gasteiger partial charge in [-0.05, 0) is 54.3 Å². The first kappa shape index (κ1) is 22.3. The Morgan fingerprint density at radius 1 is 0.912 bits per heavy atom. The molecule has 2 bridgehead atoms. The Hall–Kier alpha value is -3.49. The summed E-state index contributed by atoms with van der Waals surface area (Å²) in [5, 5.41) is 2.75. The molecule has 0 radical (unpaired) electrons. The van der Waals surface area contributed by atoms with Crippen molar-refractivity contribution in [3.05, 3.63) is 100 Å². The van der Waals surface area contributed by atoms with E-state index < -0.39 is 10.0 Å². The summed E-state index contributed by atoms with van der Waals surface area (Å²) in [6.45, 7) is 1.28. The minimum atomic E-state index is -3.69. The Morgan fingerprint density at radius 2 is 1.68 bits per heavy atom. The average Bonchev–Trinajstić information content (AvgIpc) is 2.84. The van der Waals surface area contributed by atoms with E-state index in [1.54, 1.807) is 34.9 Å². The van der Waals surface area contributed by atoms with Gasteiger partial charge in [0.15, 0.2) is 0 Å². The second-order valence-electron chi connectivity index (χ2n) is 8.78. The van der Waals surface area contributed by atoms with Gasteiger partial charge in [0, 0.05) is 49.1 Å². The van der Waals surface area contributed by atoms with Gasteiger partial charge in [0.1, 0.15) is 0 Å². The van der Waals surface area contributed by atoms with E-state index in [1.807, 2.05) is 36.4 Å². The molecule has 3 aromatic rings. The van der Waals surface area contributed by atoms with Gasteiger partial charge in [0.05, 0.1) is 4.90 Å². The minimum Gasteiger partial charge on any atom is -0.323 e. The molecule has 174 valence electrons. The zero-order valence-electron chi connectivity index (χ0n) is 18.5. The van der Waals surface area contributed by atoms with Crippen LogP contribution in [0.25, 0.3) is 6.08 Å². The fraction of sp³-hybridized carbons (Fsp3) is 0.231. The van der Waals surface area contributed by atoms with Crippen LogP contribution in [0, 0.1) is 5.92 Å². The number of sulfonamides is 1. The molecule has 2 unspecified atom stereocenters. The first-order valence-corrected chi connectivity index (χ1v) is 12.7. The van der Waals surface area contributed by atoms with Crippen LogP contribution in [0.4, 0.5) is 5.69 Å². The number of benzene rings is 2. The number of rotatable bonds is 5. The lowest BCUT2D eigenvalue weighted by Gasteiger charge is -2.42. The topological polar surface area (TPSA) is 88.5 Å². The van der Waals surface area contributed by atoms with Gasteiger partial charge in [-0.1, -0.05) is 36.4 Å². The monoisotopic (exact) mass is 475 g/mol. The highest BCUT2D eigenvalue weighted by molar-refractivity contribution is 7.89. The smallest absolute Gasteiger partial charge is 0.250 e. The molecule has 7 nitrogen and oxygen atoms in total. The van der Waals surface area contributed by atoms with Gasteiger partial charge >= 0.3 is 0 Å². The van der Waals surface area contributed by atoms with Crippen LogP contribution < -0.4 is 10.9 Å². The summed E-state index contributed by atoms with van der Waals surface area (Å²) in [6.07, 6.45) is 4.04. The molecule has 8 heteroatoms. The molecule has 2 aliphatic heterocycles. The maximum atomic E-state index is 13.3. The van der Waals surface area contributed by atoms with Crippen LogP contribution in [0.15, 0.2) is 88.6 Å². The normalized spacial score (nSPS) is 20.1. The van der Waals surface area contributed by atoms with Gasteiger partial charge in [-0.2, -0.15) is 4.31 Å². The molecule has 1 N–H and O–H groups in total. The van der Waals surface area contributed by atoms with Crippen LogP contribution in [0.5, 0.6) is 0 Å². The SMILES string of the molecule is O=C(/C=C/c1ccccc1)Nc1ccc(S(=O)(=O)N2CC3CC(C2)c2cccc(=O)n2C3)cc1. The predicted molar refractivity (Wildman–Crippen MR) is 131 cm³/mol. The van der Waals surface area contributed by atoms with E-state index in [1.165, 1.54) is 22.5 Å². The van der Waals surface area contributed by atoms with E-state index in [4.69, 9.17) is 0 Å². The van der Waals surface area contributed by atoms with E-state index in [-0.39, 0.29) is 28.2 Å². The van der Waals surface area contributed by atoms with E-state index in [0.29, 0.717) is 25.3 Å². The molecule has 0 aliphatic carbocycles. The molecule has 0 spiro atoms. The van der Waals surface area contributed by atoms with Gasteiger partial charge in [-0.15, -0.1) is 0 Å². The van der Waals surface area contributed by atoms with Gasteiger partial charge in [-0.3, -0.25) is 9.59 Å². The van der Waals surface area contributed by atoms with E-state index in [9.17, 15) is 18.0 Å². The zero-order valence-corrected chi connectivity index (χ0v) is 19.3. The number of carbonyl (C=O) groups is 1. The van der Waals surface area contributed by atoms with Crippen LogP contribution >= 0.6 is 0 Å². The quantitative estimate of drug-likeness (QED) is 0.574. The Kier molecular flexibility index (Phi) is 5.93. The second-order valence-corrected chi connectivity index (χ2v) is 10.7. The van der Waals surface area contributed by atoms with Crippen molar-refractivity contribution in [2.75, 3.05) is 18.4 Å². The number of pyridine rings is 1. The lowest BCUT2D eigenvalue weighted by atomic mass is 9.84. The Morgan fingerprint density at radius 3 is 2.44 bits per heavy atom. The van der Waals surface area contributed by atoms with Crippen molar-refractivity contribution in [2.45, 2.75) is 23.8 Å². The van der Waals surface area contributed by atoms with Crippen molar-refractivity contribution in [1.29, 1.82) is 0 Å². The summed E-state index contributed by atoms with van der Waals surface area (Å²) < 4.78 is 30.0. The molecule has 2 atom stereocenters. The summed E-state index contributed by atoms with van der Waals surface area (Å²) in [4.78, 5) is 24.6. The number of aromatic nitrogens is 1. The summed E-state index contributed by atoms with van der Waals surface area (Å²) in [5.41, 5.74) is 2.31. The first-order chi connectivity index (χ1) is 16.4. The molecule has 2 aliphatic rings. The van der Waals surface area contributed by atoms with E-state index >= 15 is 0 Å². The molecule has 1 saturated heterocycles. The predicted octanol–water partition coefficient (Wildman–Crippen LogP) is 3.31. The lowest BCUT2D eigenvalue weighted by molar-refractivity contribution is -0.111. The molecular weight excluding hydrogens is 450 g/mol. The van der Waals surface area contributed by atoms with Gasteiger partial charge in [0.25, 0.3) is 5.56 Å². The molecule has 1 amide bonds. The number of nitrogens with zero attached hydrogens (tertiary/aromatic N) is 2. The standard InChI is InChI=1S/C26H25N3O4S/c30-25(14-9-19-5-2-1-3-6-19)27-22-10-12-23(13-11-22)34(32,33)28-16-20-15-21(18-28)24-7-4-8-26(31)29(24)17-20/h1-14,20-21H,15-18H2,(H,27,30)/b14-9+. The lowest BCUT2D eigenvalue weighted by Crippen LogP contribution is -2.48. The fourth-order valence-corrected chi connectivity index (χ4v) is 6.39. The Balaban J connectivity index is 1.28. The third kappa shape index (κ3) is 4.47. The number of piperidine rings is 1. The number of nitrogens with one attached hydrogen (secondary N) is 1. The second kappa shape index (κ2) is 9.04. The van der Waals surface area contributed by atoms with Crippen LogP contribution in [-0.4, -0.2) is 36.3 Å². The molecule has 5 rings (SSSR count). The molecule has 1 aromatic heterocycles. The van der Waals surface area contributed by atoms with Crippen molar-refractivity contribution in [3.63, 3.8) is 0 Å².